The van der Waals surface area contributed by atoms with Crippen molar-refractivity contribution in [3.05, 3.63) is 83.7 Å². The second-order valence-electron chi connectivity index (χ2n) is 7.51. The van der Waals surface area contributed by atoms with Gasteiger partial charge in [-0.15, -0.1) is 10.2 Å². The Balaban J connectivity index is 1.60. The van der Waals surface area contributed by atoms with Gasteiger partial charge in [0.2, 0.25) is 5.91 Å². The van der Waals surface area contributed by atoms with Crippen LogP contribution in [0.15, 0.2) is 72.1 Å². The molecule has 1 N–H and O–H groups in total. The van der Waals surface area contributed by atoms with Gasteiger partial charge in [-0.1, -0.05) is 54.6 Å². The molecule has 0 saturated carbocycles. The standard InChI is InChI=1S/C25H25N5OS/c1-4-19-7-5-6-18(3)23(19)27-22(31)16-32-25-29-28-24(20-12-14-26-15-13-20)30(25)21-10-8-17(2)9-11-21/h5-15H,4,16H2,1-3H3,(H,27,31). The van der Waals surface area contributed by atoms with E-state index in [1.807, 2.05) is 54.0 Å². The first-order valence-corrected chi connectivity index (χ1v) is 11.5. The van der Waals surface area contributed by atoms with Crippen LogP contribution < -0.4 is 5.32 Å². The molecule has 7 heteroatoms. The van der Waals surface area contributed by atoms with Gasteiger partial charge >= 0.3 is 0 Å². The van der Waals surface area contributed by atoms with E-state index in [0.717, 1.165) is 34.5 Å². The van der Waals surface area contributed by atoms with E-state index in [4.69, 9.17) is 0 Å². The van der Waals surface area contributed by atoms with E-state index in [2.05, 4.69) is 46.5 Å². The molecule has 6 nitrogen and oxygen atoms in total. The fourth-order valence-corrected chi connectivity index (χ4v) is 4.24. The zero-order valence-electron chi connectivity index (χ0n) is 18.4. The van der Waals surface area contributed by atoms with E-state index >= 15 is 0 Å². The number of amides is 1. The summed E-state index contributed by atoms with van der Waals surface area (Å²) in [5, 5.41) is 12.6. The summed E-state index contributed by atoms with van der Waals surface area (Å²) in [6, 6.07) is 18.1. The molecule has 0 aliphatic carbocycles. The number of pyridine rings is 1. The van der Waals surface area contributed by atoms with Crippen molar-refractivity contribution >= 4 is 23.4 Å². The summed E-state index contributed by atoms with van der Waals surface area (Å²) in [6.45, 7) is 6.15. The zero-order chi connectivity index (χ0) is 22.5. The number of benzene rings is 2. The van der Waals surface area contributed by atoms with Crippen molar-refractivity contribution in [3.63, 3.8) is 0 Å². The fourth-order valence-electron chi connectivity index (χ4n) is 3.49. The van der Waals surface area contributed by atoms with E-state index in [1.54, 1.807) is 12.4 Å². The minimum Gasteiger partial charge on any atom is -0.325 e. The molecule has 2 aromatic heterocycles. The van der Waals surface area contributed by atoms with Crippen molar-refractivity contribution in [1.82, 2.24) is 19.7 Å². The average molecular weight is 444 g/mol. The highest BCUT2D eigenvalue weighted by Gasteiger charge is 2.18. The third kappa shape index (κ3) is 4.73. The number of aromatic nitrogens is 4. The normalized spacial score (nSPS) is 10.8. The minimum absolute atomic E-state index is 0.0667. The van der Waals surface area contributed by atoms with Crippen molar-refractivity contribution in [2.24, 2.45) is 0 Å². The van der Waals surface area contributed by atoms with Crippen LogP contribution in [0.1, 0.15) is 23.6 Å². The van der Waals surface area contributed by atoms with Crippen LogP contribution >= 0.6 is 11.8 Å². The van der Waals surface area contributed by atoms with Gasteiger partial charge in [0, 0.05) is 29.3 Å². The number of hydrogen-bond donors (Lipinski definition) is 1. The lowest BCUT2D eigenvalue weighted by molar-refractivity contribution is -0.113. The monoisotopic (exact) mass is 443 g/mol. The number of rotatable bonds is 7. The molecular formula is C25H25N5OS. The number of para-hydroxylation sites is 1. The number of carbonyl (C=O) groups excluding carboxylic acids is 1. The zero-order valence-corrected chi connectivity index (χ0v) is 19.2. The van der Waals surface area contributed by atoms with Crippen LogP contribution in [0.25, 0.3) is 17.1 Å². The highest BCUT2D eigenvalue weighted by Crippen LogP contribution is 2.28. The Hall–Kier alpha value is -3.45. The SMILES string of the molecule is CCc1cccc(C)c1NC(=O)CSc1nnc(-c2ccncc2)n1-c1ccc(C)cc1. The summed E-state index contributed by atoms with van der Waals surface area (Å²) in [6.07, 6.45) is 4.33. The summed E-state index contributed by atoms with van der Waals surface area (Å²) >= 11 is 1.37. The van der Waals surface area contributed by atoms with Crippen LogP contribution in [0.3, 0.4) is 0 Å². The van der Waals surface area contributed by atoms with Crippen molar-refractivity contribution in [2.75, 3.05) is 11.1 Å². The summed E-state index contributed by atoms with van der Waals surface area (Å²) < 4.78 is 1.98. The van der Waals surface area contributed by atoms with Crippen molar-refractivity contribution in [3.8, 4) is 17.1 Å². The van der Waals surface area contributed by atoms with Gasteiger partial charge in [0.1, 0.15) is 0 Å². The Bertz CT molecular complexity index is 1220. The average Bonchev–Trinajstić information content (AvgIpc) is 3.24. The van der Waals surface area contributed by atoms with Gasteiger partial charge in [0.05, 0.1) is 5.75 Å². The molecule has 0 saturated heterocycles. The molecule has 0 unspecified atom stereocenters. The first-order chi connectivity index (χ1) is 15.6. The highest BCUT2D eigenvalue weighted by molar-refractivity contribution is 7.99. The predicted molar refractivity (Wildman–Crippen MR) is 129 cm³/mol. The molecule has 0 aliphatic rings. The molecule has 0 bridgehead atoms. The number of anilines is 1. The lowest BCUT2D eigenvalue weighted by Gasteiger charge is -2.13. The number of carbonyl (C=O) groups is 1. The Labute approximate surface area is 192 Å². The van der Waals surface area contributed by atoms with Gasteiger partial charge in [-0.2, -0.15) is 0 Å². The lowest BCUT2D eigenvalue weighted by Crippen LogP contribution is -2.16. The molecule has 0 radical (unpaired) electrons. The highest BCUT2D eigenvalue weighted by atomic mass is 32.2. The molecule has 0 atom stereocenters. The third-order valence-corrected chi connectivity index (χ3v) is 6.13. The molecule has 0 aliphatic heterocycles. The van der Waals surface area contributed by atoms with E-state index in [0.29, 0.717) is 11.0 Å². The fraction of sp³-hybridized carbons (Fsp3) is 0.200. The number of thioether (sulfide) groups is 1. The molecule has 2 aromatic carbocycles. The molecule has 2 heterocycles. The number of nitrogens with zero attached hydrogens (tertiary/aromatic N) is 4. The molecule has 4 rings (SSSR count). The minimum atomic E-state index is -0.0667. The Morgan fingerprint density at radius 2 is 1.75 bits per heavy atom. The van der Waals surface area contributed by atoms with Crippen LogP contribution in [-0.2, 0) is 11.2 Å². The van der Waals surface area contributed by atoms with Crippen molar-refractivity contribution < 1.29 is 4.79 Å². The van der Waals surface area contributed by atoms with E-state index in [1.165, 1.54) is 17.3 Å². The number of hydrogen-bond acceptors (Lipinski definition) is 5. The summed E-state index contributed by atoms with van der Waals surface area (Å²) in [5.41, 5.74) is 6.12. The molecule has 0 spiro atoms. The van der Waals surface area contributed by atoms with Crippen LogP contribution in [0, 0.1) is 13.8 Å². The van der Waals surface area contributed by atoms with Gasteiger partial charge in [-0.25, -0.2) is 0 Å². The largest absolute Gasteiger partial charge is 0.325 e. The molecule has 0 fully saturated rings. The summed E-state index contributed by atoms with van der Waals surface area (Å²) in [5.74, 6) is 0.881. The first-order valence-electron chi connectivity index (χ1n) is 10.5. The van der Waals surface area contributed by atoms with E-state index < -0.39 is 0 Å². The van der Waals surface area contributed by atoms with E-state index in [9.17, 15) is 4.79 Å². The maximum atomic E-state index is 12.8. The predicted octanol–water partition coefficient (Wildman–Crippen LogP) is 5.24. The Morgan fingerprint density at radius 3 is 2.47 bits per heavy atom. The maximum Gasteiger partial charge on any atom is 0.234 e. The van der Waals surface area contributed by atoms with Crippen molar-refractivity contribution in [2.45, 2.75) is 32.3 Å². The topological polar surface area (TPSA) is 72.7 Å². The first kappa shape index (κ1) is 21.8. The van der Waals surface area contributed by atoms with Crippen LogP contribution in [0.2, 0.25) is 0 Å². The van der Waals surface area contributed by atoms with Gasteiger partial charge in [0.25, 0.3) is 0 Å². The van der Waals surface area contributed by atoms with Gasteiger partial charge in [-0.05, 0) is 55.7 Å². The third-order valence-electron chi connectivity index (χ3n) is 5.20. The molecule has 4 aromatic rings. The summed E-state index contributed by atoms with van der Waals surface area (Å²) in [4.78, 5) is 16.9. The number of aryl methyl sites for hydroxylation is 3. The van der Waals surface area contributed by atoms with Crippen molar-refractivity contribution in [1.29, 1.82) is 0 Å². The molecular weight excluding hydrogens is 418 g/mol. The molecule has 32 heavy (non-hydrogen) atoms. The second kappa shape index (κ2) is 9.78. The van der Waals surface area contributed by atoms with Crippen LogP contribution in [0.5, 0.6) is 0 Å². The maximum absolute atomic E-state index is 12.8. The second-order valence-corrected chi connectivity index (χ2v) is 8.45. The van der Waals surface area contributed by atoms with Crippen LogP contribution in [-0.4, -0.2) is 31.4 Å². The lowest BCUT2D eigenvalue weighted by atomic mass is 10.1. The molecule has 162 valence electrons. The van der Waals surface area contributed by atoms with Gasteiger partial charge < -0.3 is 5.32 Å². The van der Waals surface area contributed by atoms with Gasteiger partial charge in [-0.3, -0.25) is 14.3 Å². The Morgan fingerprint density at radius 1 is 1.00 bits per heavy atom. The van der Waals surface area contributed by atoms with Crippen LogP contribution in [0.4, 0.5) is 5.69 Å². The molecule has 1 amide bonds. The van der Waals surface area contributed by atoms with Gasteiger partial charge in [0.15, 0.2) is 11.0 Å². The number of nitrogens with one attached hydrogen (secondary N) is 1. The van der Waals surface area contributed by atoms with E-state index in [-0.39, 0.29) is 11.7 Å². The summed E-state index contributed by atoms with van der Waals surface area (Å²) in [7, 11) is 0. The quantitative estimate of drug-likeness (QED) is 0.396. The Kier molecular flexibility index (Phi) is 6.66. The smallest absolute Gasteiger partial charge is 0.234 e.